The van der Waals surface area contributed by atoms with Crippen LogP contribution in [0.15, 0.2) is 41.1 Å². The van der Waals surface area contributed by atoms with E-state index in [9.17, 15) is 10.1 Å². The van der Waals surface area contributed by atoms with E-state index >= 15 is 0 Å². The highest BCUT2D eigenvalue weighted by Crippen LogP contribution is 2.28. The number of benzene rings is 1. The molecule has 0 saturated heterocycles. The van der Waals surface area contributed by atoms with Crippen molar-refractivity contribution in [3.63, 3.8) is 0 Å². The van der Waals surface area contributed by atoms with Crippen molar-refractivity contribution in [1.29, 1.82) is 0 Å². The average molecular weight is 323 g/mol. The molecule has 0 radical (unpaired) electrons. The van der Waals surface area contributed by atoms with E-state index in [0.717, 1.165) is 15.6 Å². The van der Waals surface area contributed by atoms with Gasteiger partial charge in [0, 0.05) is 28.5 Å². The summed E-state index contributed by atoms with van der Waals surface area (Å²) >= 11 is 3.31. The molecule has 0 aliphatic heterocycles. The molecule has 0 bridgehead atoms. The van der Waals surface area contributed by atoms with E-state index in [1.54, 1.807) is 24.5 Å². The molecule has 19 heavy (non-hydrogen) atoms. The first-order valence-electron chi connectivity index (χ1n) is 5.53. The highest BCUT2D eigenvalue weighted by atomic mass is 79.9. The Bertz CT molecular complexity index is 617. The number of hydrogen-bond acceptors (Lipinski definition) is 4. The first-order valence-corrected chi connectivity index (χ1v) is 6.33. The zero-order valence-electron chi connectivity index (χ0n) is 10.2. The second-order valence-corrected chi connectivity index (χ2v) is 4.94. The Hall–Kier alpha value is -1.95. The number of rotatable bonds is 4. The number of hydrogen-bond donors (Lipinski definition) is 0. The Morgan fingerprint density at radius 2 is 2.16 bits per heavy atom. The molecule has 0 fully saturated rings. The lowest BCUT2D eigenvalue weighted by Crippen LogP contribution is -2.00. The summed E-state index contributed by atoms with van der Waals surface area (Å²) in [4.78, 5) is 14.5. The van der Waals surface area contributed by atoms with Crippen molar-refractivity contribution in [3.05, 3.63) is 62.4 Å². The molecule has 0 saturated carbocycles. The zero-order chi connectivity index (χ0) is 13.8. The van der Waals surface area contributed by atoms with Crippen molar-refractivity contribution in [2.24, 2.45) is 0 Å². The van der Waals surface area contributed by atoms with E-state index < -0.39 is 4.92 Å². The van der Waals surface area contributed by atoms with Crippen molar-refractivity contribution >= 4 is 21.6 Å². The molecule has 0 aliphatic carbocycles. The summed E-state index contributed by atoms with van der Waals surface area (Å²) in [5.74, 6) is 0.268. The Labute approximate surface area is 118 Å². The van der Waals surface area contributed by atoms with Crippen molar-refractivity contribution in [1.82, 2.24) is 4.98 Å². The van der Waals surface area contributed by atoms with E-state index in [1.807, 2.05) is 13.0 Å². The fourth-order valence-corrected chi connectivity index (χ4v) is 2.00. The number of aryl methyl sites for hydroxylation is 1. The smallest absolute Gasteiger partial charge is 0.310 e. The molecular formula is C13H11BrN2O3. The molecule has 98 valence electrons. The van der Waals surface area contributed by atoms with Gasteiger partial charge in [-0.3, -0.25) is 15.1 Å². The topological polar surface area (TPSA) is 65.3 Å². The Morgan fingerprint density at radius 1 is 1.37 bits per heavy atom. The molecule has 0 atom stereocenters. The maximum absolute atomic E-state index is 10.9. The molecular weight excluding hydrogens is 312 g/mol. The minimum Gasteiger partial charge on any atom is -0.482 e. The van der Waals surface area contributed by atoms with Gasteiger partial charge in [0.2, 0.25) is 0 Å². The van der Waals surface area contributed by atoms with Crippen LogP contribution in [0.25, 0.3) is 0 Å². The second-order valence-electron chi connectivity index (χ2n) is 4.03. The molecule has 0 aliphatic rings. The summed E-state index contributed by atoms with van der Waals surface area (Å²) in [6, 6.07) is 6.65. The Morgan fingerprint density at radius 3 is 2.84 bits per heavy atom. The molecule has 1 heterocycles. The molecule has 1 aromatic heterocycles. The molecule has 0 spiro atoms. The third-order valence-corrected chi connectivity index (χ3v) is 2.90. The standard InChI is InChI=1S/C13H11BrN2O3/c1-9-2-3-12(16(17)18)13(4-9)19-8-10-5-11(14)7-15-6-10/h2-7H,8H2,1H3. The maximum Gasteiger partial charge on any atom is 0.310 e. The highest BCUT2D eigenvalue weighted by molar-refractivity contribution is 9.10. The lowest BCUT2D eigenvalue weighted by atomic mass is 10.2. The van der Waals surface area contributed by atoms with Crippen molar-refractivity contribution < 1.29 is 9.66 Å². The highest BCUT2D eigenvalue weighted by Gasteiger charge is 2.14. The lowest BCUT2D eigenvalue weighted by Gasteiger charge is -2.07. The minimum absolute atomic E-state index is 0.0337. The van der Waals surface area contributed by atoms with Gasteiger partial charge in [-0.25, -0.2) is 0 Å². The number of aromatic nitrogens is 1. The first-order chi connectivity index (χ1) is 9.06. The van der Waals surface area contributed by atoms with Crippen LogP contribution < -0.4 is 4.74 Å². The number of pyridine rings is 1. The summed E-state index contributed by atoms with van der Waals surface area (Å²) in [6.07, 6.45) is 3.32. The fraction of sp³-hybridized carbons (Fsp3) is 0.154. The number of ether oxygens (including phenoxy) is 1. The summed E-state index contributed by atoms with van der Waals surface area (Å²) in [5.41, 5.74) is 1.71. The van der Waals surface area contributed by atoms with Crippen LogP contribution >= 0.6 is 15.9 Å². The molecule has 2 aromatic rings. The van der Waals surface area contributed by atoms with Crippen LogP contribution in [0.1, 0.15) is 11.1 Å². The van der Waals surface area contributed by atoms with Gasteiger partial charge in [0.25, 0.3) is 0 Å². The zero-order valence-corrected chi connectivity index (χ0v) is 11.8. The Kier molecular flexibility index (Phi) is 4.11. The lowest BCUT2D eigenvalue weighted by molar-refractivity contribution is -0.386. The quantitative estimate of drug-likeness (QED) is 0.636. The van der Waals surface area contributed by atoms with Crippen molar-refractivity contribution in [3.8, 4) is 5.75 Å². The van der Waals surface area contributed by atoms with Gasteiger partial charge in [-0.1, -0.05) is 6.07 Å². The van der Waals surface area contributed by atoms with E-state index in [-0.39, 0.29) is 18.0 Å². The Balaban J connectivity index is 2.19. The van der Waals surface area contributed by atoms with Crippen LogP contribution in [0, 0.1) is 17.0 Å². The van der Waals surface area contributed by atoms with Crippen LogP contribution in [0.2, 0.25) is 0 Å². The van der Waals surface area contributed by atoms with Crippen LogP contribution in [-0.2, 0) is 6.61 Å². The van der Waals surface area contributed by atoms with Crippen molar-refractivity contribution in [2.45, 2.75) is 13.5 Å². The predicted octanol–water partition coefficient (Wildman–Crippen LogP) is 3.64. The molecule has 0 N–H and O–H groups in total. The van der Waals surface area contributed by atoms with Crippen LogP contribution in [0.3, 0.4) is 0 Å². The monoisotopic (exact) mass is 322 g/mol. The maximum atomic E-state index is 10.9. The van der Waals surface area contributed by atoms with E-state index in [4.69, 9.17) is 4.74 Å². The summed E-state index contributed by atoms with van der Waals surface area (Å²) in [7, 11) is 0. The molecule has 1 aromatic carbocycles. The number of nitro groups is 1. The van der Waals surface area contributed by atoms with E-state index in [2.05, 4.69) is 20.9 Å². The normalized spacial score (nSPS) is 10.2. The van der Waals surface area contributed by atoms with Gasteiger partial charge in [-0.2, -0.15) is 0 Å². The van der Waals surface area contributed by atoms with Gasteiger partial charge in [0.1, 0.15) is 6.61 Å². The van der Waals surface area contributed by atoms with Crippen LogP contribution in [-0.4, -0.2) is 9.91 Å². The molecule has 6 heteroatoms. The second kappa shape index (κ2) is 5.79. The summed E-state index contributed by atoms with van der Waals surface area (Å²) in [5, 5.41) is 10.9. The first kappa shape index (κ1) is 13.5. The van der Waals surface area contributed by atoms with Crippen molar-refractivity contribution in [2.75, 3.05) is 0 Å². The minimum atomic E-state index is -0.450. The van der Waals surface area contributed by atoms with Gasteiger partial charge in [-0.05, 0) is 40.5 Å². The largest absolute Gasteiger partial charge is 0.482 e. The molecule has 5 nitrogen and oxygen atoms in total. The van der Waals surface area contributed by atoms with Gasteiger partial charge in [0.15, 0.2) is 5.75 Å². The fourth-order valence-electron chi connectivity index (χ4n) is 1.58. The van der Waals surface area contributed by atoms with E-state index in [1.165, 1.54) is 6.07 Å². The van der Waals surface area contributed by atoms with Gasteiger partial charge >= 0.3 is 5.69 Å². The molecule has 0 unspecified atom stereocenters. The number of nitrogens with zero attached hydrogens (tertiary/aromatic N) is 2. The summed E-state index contributed by atoms with van der Waals surface area (Å²) in [6.45, 7) is 2.09. The van der Waals surface area contributed by atoms with Gasteiger partial charge < -0.3 is 4.74 Å². The third-order valence-electron chi connectivity index (χ3n) is 2.47. The predicted molar refractivity (Wildman–Crippen MR) is 74.1 cm³/mol. The average Bonchev–Trinajstić information content (AvgIpc) is 2.36. The number of nitro benzene ring substituents is 1. The van der Waals surface area contributed by atoms with Gasteiger partial charge in [0.05, 0.1) is 4.92 Å². The summed E-state index contributed by atoms with van der Waals surface area (Å²) < 4.78 is 6.36. The van der Waals surface area contributed by atoms with Crippen LogP contribution in [0.5, 0.6) is 5.75 Å². The SMILES string of the molecule is Cc1ccc([N+](=O)[O-])c(OCc2cncc(Br)c2)c1. The van der Waals surface area contributed by atoms with Gasteiger partial charge in [-0.15, -0.1) is 0 Å². The van der Waals surface area contributed by atoms with E-state index in [0.29, 0.717) is 0 Å². The molecule has 2 rings (SSSR count). The number of halogens is 1. The molecule has 0 amide bonds. The van der Waals surface area contributed by atoms with Crippen LogP contribution in [0.4, 0.5) is 5.69 Å². The third kappa shape index (κ3) is 3.51.